The lowest BCUT2D eigenvalue weighted by molar-refractivity contribution is -0.147. The average molecular weight is 282 g/mol. The molecule has 0 aromatic carbocycles. The Hall–Kier alpha value is -0.610. The van der Waals surface area contributed by atoms with Crippen LogP contribution in [-0.2, 0) is 4.79 Å². The molecule has 0 spiro atoms. The van der Waals surface area contributed by atoms with Crippen LogP contribution in [0.2, 0.25) is 0 Å². The van der Waals surface area contributed by atoms with Gasteiger partial charge in [0.2, 0.25) is 0 Å². The predicted octanol–water partition coefficient (Wildman–Crippen LogP) is 2.34. The van der Waals surface area contributed by atoms with Gasteiger partial charge >= 0.3 is 5.97 Å². The number of likely N-dealkylation sites (tertiary alicyclic amines) is 1. The van der Waals surface area contributed by atoms with Gasteiger partial charge in [-0.2, -0.15) is 0 Å². The normalized spacial score (nSPS) is 27.8. The van der Waals surface area contributed by atoms with E-state index in [0.29, 0.717) is 12.5 Å². The van der Waals surface area contributed by atoms with Crippen LogP contribution in [0.5, 0.6) is 0 Å². The van der Waals surface area contributed by atoms with Crippen LogP contribution in [0.15, 0.2) is 0 Å². The van der Waals surface area contributed by atoms with Crippen molar-refractivity contribution in [1.29, 1.82) is 0 Å². The van der Waals surface area contributed by atoms with Crippen LogP contribution < -0.4 is 5.32 Å². The number of hydrogen-bond donors (Lipinski definition) is 2. The molecule has 1 aliphatic carbocycles. The highest BCUT2D eigenvalue weighted by molar-refractivity contribution is 5.80. The van der Waals surface area contributed by atoms with Crippen molar-refractivity contribution in [2.24, 2.45) is 11.8 Å². The lowest BCUT2D eigenvalue weighted by Crippen LogP contribution is -2.60. The van der Waals surface area contributed by atoms with Gasteiger partial charge in [-0.1, -0.05) is 20.3 Å². The summed E-state index contributed by atoms with van der Waals surface area (Å²) in [6.45, 7) is 7.81. The van der Waals surface area contributed by atoms with Gasteiger partial charge in [0.15, 0.2) is 0 Å². The molecule has 2 rings (SSSR count). The molecule has 1 saturated carbocycles. The summed E-state index contributed by atoms with van der Waals surface area (Å²) in [6.07, 6.45) is 7.12. The van der Waals surface area contributed by atoms with Crippen molar-refractivity contribution < 1.29 is 9.90 Å². The zero-order valence-electron chi connectivity index (χ0n) is 13.0. The lowest BCUT2D eigenvalue weighted by atomic mass is 9.92. The molecule has 1 aliphatic heterocycles. The van der Waals surface area contributed by atoms with Crippen LogP contribution >= 0.6 is 0 Å². The summed E-state index contributed by atoms with van der Waals surface area (Å²) in [5, 5.41) is 13.1. The van der Waals surface area contributed by atoms with Crippen molar-refractivity contribution in [3.63, 3.8) is 0 Å². The minimum absolute atomic E-state index is 0.324. The second-order valence-corrected chi connectivity index (χ2v) is 6.56. The fourth-order valence-electron chi connectivity index (χ4n) is 3.68. The first-order valence-electron chi connectivity index (χ1n) is 8.33. The van der Waals surface area contributed by atoms with E-state index < -0.39 is 11.5 Å². The van der Waals surface area contributed by atoms with E-state index in [1.54, 1.807) is 0 Å². The summed E-state index contributed by atoms with van der Waals surface area (Å²) in [7, 11) is 0. The van der Waals surface area contributed by atoms with Crippen molar-refractivity contribution in [2.75, 3.05) is 26.2 Å². The van der Waals surface area contributed by atoms with Crippen molar-refractivity contribution in [3.05, 3.63) is 0 Å². The van der Waals surface area contributed by atoms with Crippen molar-refractivity contribution in [2.45, 2.75) is 57.9 Å². The maximum absolute atomic E-state index is 11.9. The number of nitrogens with zero attached hydrogens (tertiary/aromatic N) is 1. The molecule has 0 amide bonds. The molecule has 0 bridgehead atoms. The smallest absolute Gasteiger partial charge is 0.325 e. The number of carboxylic acid groups (broad SMARTS) is 1. The third-order valence-corrected chi connectivity index (χ3v) is 5.14. The molecule has 116 valence electrons. The first-order chi connectivity index (χ1) is 9.62. The Morgan fingerprint density at radius 3 is 2.55 bits per heavy atom. The van der Waals surface area contributed by atoms with Gasteiger partial charge in [0.25, 0.3) is 0 Å². The van der Waals surface area contributed by atoms with Gasteiger partial charge in [-0.15, -0.1) is 0 Å². The van der Waals surface area contributed by atoms with E-state index in [2.05, 4.69) is 17.1 Å². The number of carboxylic acids is 1. The Kier molecular flexibility index (Phi) is 5.44. The van der Waals surface area contributed by atoms with E-state index in [4.69, 9.17) is 0 Å². The van der Waals surface area contributed by atoms with E-state index in [0.717, 1.165) is 38.4 Å². The first-order valence-corrected chi connectivity index (χ1v) is 8.33. The number of hydrogen-bond acceptors (Lipinski definition) is 3. The van der Waals surface area contributed by atoms with Crippen LogP contribution in [-0.4, -0.2) is 47.7 Å². The fraction of sp³-hybridized carbons (Fsp3) is 0.938. The predicted molar refractivity (Wildman–Crippen MR) is 80.8 cm³/mol. The molecule has 2 N–H and O–H groups in total. The molecule has 2 aliphatic rings. The van der Waals surface area contributed by atoms with Gasteiger partial charge in [0.1, 0.15) is 5.54 Å². The highest BCUT2D eigenvalue weighted by Crippen LogP contribution is 2.40. The Morgan fingerprint density at radius 2 is 2.00 bits per heavy atom. The monoisotopic (exact) mass is 282 g/mol. The topological polar surface area (TPSA) is 52.6 Å². The molecular weight excluding hydrogens is 252 g/mol. The quantitative estimate of drug-likeness (QED) is 0.752. The molecule has 20 heavy (non-hydrogen) atoms. The van der Waals surface area contributed by atoms with E-state index in [1.807, 2.05) is 6.92 Å². The molecule has 2 unspecified atom stereocenters. The van der Waals surface area contributed by atoms with E-state index in [9.17, 15) is 9.90 Å². The average Bonchev–Trinajstić information content (AvgIpc) is 3.25. The Bertz CT molecular complexity index is 330. The van der Waals surface area contributed by atoms with Crippen LogP contribution in [0.3, 0.4) is 0 Å². The summed E-state index contributed by atoms with van der Waals surface area (Å²) in [4.78, 5) is 14.3. The fourth-order valence-corrected chi connectivity index (χ4v) is 3.68. The third kappa shape index (κ3) is 3.53. The number of nitrogens with one attached hydrogen (secondary N) is 1. The van der Waals surface area contributed by atoms with Gasteiger partial charge in [0, 0.05) is 6.54 Å². The standard InChI is InChI=1S/C16H30N2O2/c1-3-13-6-5-10-18(11-9-13)12-16(15(19)20,17-4-2)14-7-8-14/h13-14,17H,3-12H2,1-2H3,(H,19,20). The molecule has 1 saturated heterocycles. The molecule has 0 aromatic rings. The number of rotatable bonds is 7. The first kappa shape index (κ1) is 15.8. The summed E-state index contributed by atoms with van der Waals surface area (Å²) >= 11 is 0. The molecule has 2 fully saturated rings. The van der Waals surface area contributed by atoms with Crippen molar-refractivity contribution in [1.82, 2.24) is 10.2 Å². The summed E-state index contributed by atoms with van der Waals surface area (Å²) in [5.41, 5.74) is -0.708. The van der Waals surface area contributed by atoms with Gasteiger partial charge in [-0.3, -0.25) is 4.79 Å². The Balaban J connectivity index is 2.01. The minimum atomic E-state index is -0.708. The highest BCUT2D eigenvalue weighted by Gasteiger charge is 2.51. The number of carbonyl (C=O) groups is 1. The molecule has 0 aromatic heterocycles. The highest BCUT2D eigenvalue weighted by atomic mass is 16.4. The van der Waals surface area contributed by atoms with E-state index >= 15 is 0 Å². The van der Waals surface area contributed by atoms with Crippen molar-refractivity contribution in [3.8, 4) is 0 Å². The van der Waals surface area contributed by atoms with Gasteiger partial charge in [0.05, 0.1) is 0 Å². The van der Waals surface area contributed by atoms with Crippen LogP contribution in [0.1, 0.15) is 52.4 Å². The summed E-state index contributed by atoms with van der Waals surface area (Å²) in [6, 6.07) is 0. The van der Waals surface area contributed by atoms with Gasteiger partial charge in [-0.05, 0) is 63.6 Å². The SMILES string of the molecule is CCNC(CN1CCCC(CC)CC1)(C(=O)O)C1CC1. The van der Waals surface area contributed by atoms with Crippen molar-refractivity contribution >= 4 is 5.97 Å². The maximum atomic E-state index is 11.9. The number of likely N-dealkylation sites (N-methyl/N-ethyl adjacent to an activating group) is 1. The minimum Gasteiger partial charge on any atom is -0.480 e. The van der Waals surface area contributed by atoms with Crippen LogP contribution in [0.4, 0.5) is 0 Å². The molecule has 2 atom stereocenters. The molecule has 4 heteroatoms. The number of aliphatic carboxylic acids is 1. The van der Waals surface area contributed by atoms with Gasteiger partial charge < -0.3 is 15.3 Å². The van der Waals surface area contributed by atoms with Crippen LogP contribution in [0, 0.1) is 11.8 Å². The maximum Gasteiger partial charge on any atom is 0.325 e. The zero-order valence-corrected chi connectivity index (χ0v) is 13.0. The largest absolute Gasteiger partial charge is 0.480 e. The molecule has 0 radical (unpaired) electrons. The second kappa shape index (κ2) is 6.90. The van der Waals surface area contributed by atoms with Crippen LogP contribution in [0.25, 0.3) is 0 Å². The molecule has 4 nitrogen and oxygen atoms in total. The summed E-state index contributed by atoms with van der Waals surface area (Å²) in [5.74, 6) is 0.502. The van der Waals surface area contributed by atoms with Gasteiger partial charge in [-0.25, -0.2) is 0 Å². The molecule has 1 heterocycles. The van der Waals surface area contributed by atoms with E-state index in [-0.39, 0.29) is 0 Å². The van der Waals surface area contributed by atoms with E-state index in [1.165, 1.54) is 25.7 Å². The molecular formula is C16H30N2O2. The summed E-state index contributed by atoms with van der Waals surface area (Å²) < 4.78 is 0. The Labute approximate surface area is 122 Å². The Morgan fingerprint density at radius 1 is 1.25 bits per heavy atom. The zero-order chi connectivity index (χ0) is 14.6. The third-order valence-electron chi connectivity index (χ3n) is 5.14. The lowest BCUT2D eigenvalue weighted by Gasteiger charge is -2.35. The second-order valence-electron chi connectivity index (χ2n) is 6.56.